The minimum atomic E-state index is -0.0786. The van der Waals surface area contributed by atoms with E-state index in [-0.39, 0.29) is 11.5 Å². The number of nitrogens with zero attached hydrogens (tertiary/aromatic N) is 2. The lowest BCUT2D eigenvalue weighted by atomic mass is 9.92. The third-order valence-electron chi connectivity index (χ3n) is 5.48. The highest BCUT2D eigenvalue weighted by molar-refractivity contribution is 5.85. The van der Waals surface area contributed by atoms with Gasteiger partial charge in [0.2, 0.25) is 0 Å². The first kappa shape index (κ1) is 18.6. The second-order valence-electron chi connectivity index (χ2n) is 8.52. The van der Waals surface area contributed by atoms with Crippen LogP contribution in [0.25, 0.3) is 0 Å². The number of ether oxygens (including phenoxy) is 1. The average molecular weight is 348 g/mol. The molecule has 140 valence electrons. The number of aromatic nitrogens is 1. The first-order chi connectivity index (χ1) is 11.9. The van der Waals surface area contributed by atoms with E-state index in [1.807, 2.05) is 6.07 Å². The quantitative estimate of drug-likeness (QED) is 0.833. The van der Waals surface area contributed by atoms with E-state index in [0.717, 1.165) is 56.9 Å². The molecular formula is C20H32N2O3. The number of Topliss-reactive ketones (excluding diaryl/α,β-unsaturated/α-hetero) is 1. The molecule has 3 rings (SSSR count). The predicted molar refractivity (Wildman–Crippen MR) is 96.7 cm³/mol. The van der Waals surface area contributed by atoms with E-state index in [9.17, 15) is 4.79 Å². The maximum atomic E-state index is 13.1. The Hall–Kier alpha value is -1.20. The van der Waals surface area contributed by atoms with Crippen molar-refractivity contribution in [2.45, 2.75) is 83.2 Å². The number of ketones is 1. The van der Waals surface area contributed by atoms with E-state index in [0.29, 0.717) is 18.2 Å². The van der Waals surface area contributed by atoms with Crippen molar-refractivity contribution in [3.05, 3.63) is 17.5 Å². The van der Waals surface area contributed by atoms with Gasteiger partial charge in [0.25, 0.3) is 0 Å². The Kier molecular flexibility index (Phi) is 5.95. The fraction of sp³-hybridized carbons (Fsp3) is 0.800. The van der Waals surface area contributed by atoms with Gasteiger partial charge >= 0.3 is 0 Å². The van der Waals surface area contributed by atoms with Crippen LogP contribution in [0, 0.1) is 0 Å². The molecule has 0 spiro atoms. The zero-order valence-electron chi connectivity index (χ0n) is 15.9. The molecule has 0 aromatic carbocycles. The summed E-state index contributed by atoms with van der Waals surface area (Å²) in [6.45, 7) is 8.96. The summed E-state index contributed by atoms with van der Waals surface area (Å²) < 4.78 is 11.0. The highest BCUT2D eigenvalue weighted by Gasteiger charge is 2.33. The number of hydrogen-bond donors (Lipinski definition) is 0. The van der Waals surface area contributed by atoms with Crippen LogP contribution >= 0.6 is 0 Å². The molecule has 0 saturated carbocycles. The van der Waals surface area contributed by atoms with Crippen molar-refractivity contribution < 1.29 is 14.1 Å². The number of carbonyl (C=O) groups is 1. The van der Waals surface area contributed by atoms with E-state index < -0.39 is 0 Å². The van der Waals surface area contributed by atoms with Crippen LogP contribution in [-0.4, -0.2) is 47.7 Å². The first-order valence-electron chi connectivity index (χ1n) is 9.77. The Morgan fingerprint density at radius 2 is 1.96 bits per heavy atom. The zero-order valence-corrected chi connectivity index (χ0v) is 15.9. The van der Waals surface area contributed by atoms with Crippen LogP contribution in [0.15, 0.2) is 10.6 Å². The Balaban J connectivity index is 1.69. The average Bonchev–Trinajstić information content (AvgIpc) is 2.91. The first-order valence-corrected chi connectivity index (χ1v) is 9.77. The van der Waals surface area contributed by atoms with Crippen LogP contribution in [-0.2, 0) is 21.4 Å². The lowest BCUT2D eigenvalue weighted by molar-refractivity contribution is -0.125. The second-order valence-corrected chi connectivity index (χ2v) is 8.52. The van der Waals surface area contributed by atoms with Gasteiger partial charge in [-0.25, -0.2) is 0 Å². The standard InChI is InChI=1S/C20H32N2O3/c1-20(2,3)19-14-15(21-25-19)13-18(23)17-7-5-4-6-10-22(17)16-8-11-24-12-9-16/h14,16-17H,4-13H2,1-3H3/t17-/m0/s1. The normalized spacial score (nSPS) is 24.2. The molecule has 5 heteroatoms. The van der Waals surface area contributed by atoms with E-state index in [1.165, 1.54) is 12.8 Å². The maximum absolute atomic E-state index is 13.1. The van der Waals surface area contributed by atoms with Crippen molar-refractivity contribution in [1.82, 2.24) is 10.1 Å². The predicted octanol–water partition coefficient (Wildman–Crippen LogP) is 3.51. The summed E-state index contributed by atoms with van der Waals surface area (Å²) in [5.41, 5.74) is 0.691. The number of likely N-dealkylation sites (tertiary alicyclic amines) is 1. The molecule has 0 unspecified atom stereocenters. The summed E-state index contributed by atoms with van der Waals surface area (Å²) in [5, 5.41) is 4.14. The van der Waals surface area contributed by atoms with E-state index >= 15 is 0 Å². The van der Waals surface area contributed by atoms with Gasteiger partial charge in [0.1, 0.15) is 5.76 Å². The molecule has 1 atom stereocenters. The number of hydrogen-bond acceptors (Lipinski definition) is 5. The SMILES string of the molecule is CC(C)(C)c1cc(CC(=O)[C@@H]2CCCCCN2C2CCOCC2)no1. The molecular weight excluding hydrogens is 316 g/mol. The van der Waals surface area contributed by atoms with Crippen LogP contribution in [0.4, 0.5) is 0 Å². The van der Waals surface area contributed by atoms with Crippen LogP contribution in [0.3, 0.4) is 0 Å². The maximum Gasteiger partial charge on any atom is 0.156 e. The van der Waals surface area contributed by atoms with Crippen molar-refractivity contribution in [3.63, 3.8) is 0 Å². The highest BCUT2D eigenvalue weighted by atomic mass is 16.5. The van der Waals surface area contributed by atoms with Gasteiger partial charge in [0.15, 0.2) is 5.78 Å². The summed E-state index contributed by atoms with van der Waals surface area (Å²) in [6.07, 6.45) is 7.00. The van der Waals surface area contributed by atoms with E-state index in [1.54, 1.807) is 0 Å². The number of rotatable bonds is 4. The summed E-state index contributed by atoms with van der Waals surface area (Å²) in [7, 11) is 0. The molecule has 0 radical (unpaired) electrons. The Labute approximate surface area is 151 Å². The minimum Gasteiger partial charge on any atom is -0.381 e. The van der Waals surface area contributed by atoms with E-state index in [4.69, 9.17) is 9.26 Å². The van der Waals surface area contributed by atoms with Crippen molar-refractivity contribution in [2.75, 3.05) is 19.8 Å². The minimum absolute atomic E-state index is 0.0281. The van der Waals surface area contributed by atoms with Gasteiger partial charge in [-0.1, -0.05) is 38.8 Å². The summed E-state index contributed by atoms with van der Waals surface area (Å²) in [5.74, 6) is 1.14. The van der Waals surface area contributed by atoms with Crippen molar-refractivity contribution in [3.8, 4) is 0 Å². The molecule has 0 amide bonds. The molecule has 2 fully saturated rings. The number of carbonyl (C=O) groups excluding carboxylic acids is 1. The van der Waals surface area contributed by atoms with Gasteiger partial charge < -0.3 is 9.26 Å². The molecule has 5 nitrogen and oxygen atoms in total. The van der Waals surface area contributed by atoms with Crippen LogP contribution in [0.2, 0.25) is 0 Å². The Morgan fingerprint density at radius 3 is 2.64 bits per heavy atom. The Morgan fingerprint density at radius 1 is 1.20 bits per heavy atom. The molecule has 1 aromatic heterocycles. The highest BCUT2D eigenvalue weighted by Crippen LogP contribution is 2.27. The summed E-state index contributed by atoms with van der Waals surface area (Å²) in [6, 6.07) is 2.47. The largest absolute Gasteiger partial charge is 0.381 e. The molecule has 0 aliphatic carbocycles. The summed E-state index contributed by atoms with van der Waals surface area (Å²) in [4.78, 5) is 15.6. The van der Waals surface area contributed by atoms with Gasteiger partial charge in [-0.05, 0) is 32.2 Å². The van der Waals surface area contributed by atoms with E-state index in [2.05, 4.69) is 30.8 Å². The van der Waals surface area contributed by atoms with Crippen molar-refractivity contribution in [1.29, 1.82) is 0 Å². The molecule has 0 bridgehead atoms. The second kappa shape index (κ2) is 8.00. The molecule has 2 saturated heterocycles. The molecule has 2 aliphatic rings. The van der Waals surface area contributed by atoms with Crippen LogP contribution in [0.1, 0.15) is 70.8 Å². The van der Waals surface area contributed by atoms with Gasteiger partial charge in [-0.15, -0.1) is 0 Å². The van der Waals surface area contributed by atoms with Crippen LogP contribution < -0.4 is 0 Å². The van der Waals surface area contributed by atoms with Gasteiger partial charge in [-0.3, -0.25) is 9.69 Å². The monoisotopic (exact) mass is 348 g/mol. The summed E-state index contributed by atoms with van der Waals surface area (Å²) >= 11 is 0. The van der Waals surface area contributed by atoms with Crippen molar-refractivity contribution >= 4 is 5.78 Å². The third kappa shape index (κ3) is 4.70. The molecule has 3 heterocycles. The van der Waals surface area contributed by atoms with Crippen molar-refractivity contribution in [2.24, 2.45) is 0 Å². The van der Waals surface area contributed by atoms with Gasteiger partial charge in [0.05, 0.1) is 18.2 Å². The molecule has 0 N–H and O–H groups in total. The van der Waals surface area contributed by atoms with Gasteiger partial charge in [0, 0.05) is 30.7 Å². The smallest absolute Gasteiger partial charge is 0.156 e. The molecule has 25 heavy (non-hydrogen) atoms. The molecule has 2 aliphatic heterocycles. The Bertz CT molecular complexity index is 570. The topological polar surface area (TPSA) is 55.6 Å². The molecule has 1 aromatic rings. The van der Waals surface area contributed by atoms with Gasteiger partial charge in [-0.2, -0.15) is 0 Å². The zero-order chi connectivity index (χ0) is 17.9. The lowest BCUT2D eigenvalue weighted by Gasteiger charge is -2.38. The fourth-order valence-corrected chi connectivity index (χ4v) is 3.98. The third-order valence-corrected chi connectivity index (χ3v) is 5.48. The van der Waals surface area contributed by atoms with Crippen LogP contribution in [0.5, 0.6) is 0 Å². The lowest BCUT2D eigenvalue weighted by Crippen LogP contribution is -2.49. The fourth-order valence-electron chi connectivity index (χ4n) is 3.98.